The maximum absolute atomic E-state index is 12.7. The van der Waals surface area contributed by atoms with Gasteiger partial charge >= 0.3 is 0 Å². The summed E-state index contributed by atoms with van der Waals surface area (Å²) in [6.07, 6.45) is 2.30. The van der Waals surface area contributed by atoms with Crippen LogP contribution in [0.2, 0.25) is 0 Å². The van der Waals surface area contributed by atoms with E-state index < -0.39 is 0 Å². The van der Waals surface area contributed by atoms with Crippen LogP contribution in [-0.4, -0.2) is 32.2 Å². The molecule has 6 heteroatoms. The SMILES string of the molecule is COCCC(Cc1cccc(Br)c1)C(=O)NC(CN)CC(C)C.Cl. The summed E-state index contributed by atoms with van der Waals surface area (Å²) in [5.41, 5.74) is 6.94. The zero-order valence-corrected chi connectivity index (χ0v) is 17.2. The number of carbonyl (C=O) groups is 1. The maximum Gasteiger partial charge on any atom is 0.223 e. The molecule has 0 saturated carbocycles. The molecular formula is C18H30BrClN2O2. The van der Waals surface area contributed by atoms with Gasteiger partial charge in [-0.2, -0.15) is 0 Å². The Balaban J connectivity index is 0.00000529. The molecule has 1 aromatic rings. The Morgan fingerprint density at radius 1 is 1.38 bits per heavy atom. The second-order valence-corrected chi connectivity index (χ2v) is 7.30. The molecule has 4 nitrogen and oxygen atoms in total. The van der Waals surface area contributed by atoms with E-state index in [2.05, 4.69) is 41.2 Å². The minimum absolute atomic E-state index is 0. The van der Waals surface area contributed by atoms with Crippen LogP contribution in [0.25, 0.3) is 0 Å². The van der Waals surface area contributed by atoms with Gasteiger partial charge in [-0.05, 0) is 42.9 Å². The molecule has 1 aromatic carbocycles. The highest BCUT2D eigenvalue weighted by Gasteiger charge is 2.22. The molecule has 2 unspecified atom stereocenters. The predicted molar refractivity (Wildman–Crippen MR) is 106 cm³/mol. The quantitative estimate of drug-likeness (QED) is 0.607. The topological polar surface area (TPSA) is 64.3 Å². The summed E-state index contributed by atoms with van der Waals surface area (Å²) in [5.74, 6) is 0.468. The smallest absolute Gasteiger partial charge is 0.223 e. The van der Waals surface area contributed by atoms with Crippen molar-refractivity contribution in [3.8, 4) is 0 Å². The lowest BCUT2D eigenvalue weighted by Gasteiger charge is -2.23. The largest absolute Gasteiger partial charge is 0.385 e. The minimum atomic E-state index is -0.106. The molecule has 24 heavy (non-hydrogen) atoms. The van der Waals surface area contributed by atoms with Crippen molar-refractivity contribution < 1.29 is 9.53 Å². The number of hydrogen-bond donors (Lipinski definition) is 2. The zero-order chi connectivity index (χ0) is 17.2. The van der Waals surface area contributed by atoms with Gasteiger partial charge in [-0.1, -0.05) is 41.9 Å². The maximum atomic E-state index is 12.7. The first-order valence-corrected chi connectivity index (χ1v) is 8.99. The van der Waals surface area contributed by atoms with E-state index in [1.54, 1.807) is 7.11 Å². The summed E-state index contributed by atoms with van der Waals surface area (Å²) in [6, 6.07) is 8.12. The first kappa shape index (κ1) is 23.4. The van der Waals surface area contributed by atoms with Crippen molar-refractivity contribution in [3.63, 3.8) is 0 Å². The lowest BCUT2D eigenvalue weighted by atomic mass is 9.94. The van der Waals surface area contributed by atoms with Crippen LogP contribution in [0.4, 0.5) is 0 Å². The molecule has 0 fully saturated rings. The van der Waals surface area contributed by atoms with Crippen LogP contribution >= 0.6 is 28.3 Å². The molecule has 0 aromatic heterocycles. The molecule has 138 valence electrons. The van der Waals surface area contributed by atoms with Gasteiger partial charge in [-0.3, -0.25) is 4.79 Å². The Morgan fingerprint density at radius 2 is 2.08 bits per heavy atom. The van der Waals surface area contributed by atoms with Crippen LogP contribution in [0.5, 0.6) is 0 Å². The van der Waals surface area contributed by atoms with Crippen molar-refractivity contribution in [3.05, 3.63) is 34.3 Å². The van der Waals surface area contributed by atoms with Gasteiger partial charge in [0.15, 0.2) is 0 Å². The summed E-state index contributed by atoms with van der Waals surface area (Å²) in [7, 11) is 1.66. The van der Waals surface area contributed by atoms with Crippen molar-refractivity contribution in [2.75, 3.05) is 20.3 Å². The molecule has 0 aliphatic carbocycles. The van der Waals surface area contributed by atoms with Gasteiger partial charge < -0.3 is 15.8 Å². The fourth-order valence-electron chi connectivity index (χ4n) is 2.64. The number of nitrogens with two attached hydrogens (primary N) is 1. The summed E-state index contributed by atoms with van der Waals surface area (Å²) < 4.78 is 6.19. The number of ether oxygens (including phenoxy) is 1. The van der Waals surface area contributed by atoms with E-state index in [0.29, 0.717) is 31.9 Å². The van der Waals surface area contributed by atoms with Crippen LogP contribution in [0.1, 0.15) is 32.3 Å². The van der Waals surface area contributed by atoms with E-state index in [9.17, 15) is 4.79 Å². The molecule has 0 aliphatic rings. The monoisotopic (exact) mass is 420 g/mol. The zero-order valence-electron chi connectivity index (χ0n) is 14.8. The van der Waals surface area contributed by atoms with Gasteiger partial charge in [-0.15, -0.1) is 12.4 Å². The highest BCUT2D eigenvalue weighted by Crippen LogP contribution is 2.18. The lowest BCUT2D eigenvalue weighted by Crippen LogP contribution is -2.44. The van der Waals surface area contributed by atoms with Crippen LogP contribution in [0.15, 0.2) is 28.7 Å². The molecule has 0 saturated heterocycles. The molecule has 3 N–H and O–H groups in total. The highest BCUT2D eigenvalue weighted by atomic mass is 79.9. The first-order valence-electron chi connectivity index (χ1n) is 8.20. The van der Waals surface area contributed by atoms with Crippen molar-refractivity contribution in [1.29, 1.82) is 0 Å². The Morgan fingerprint density at radius 3 is 2.62 bits per heavy atom. The van der Waals surface area contributed by atoms with E-state index >= 15 is 0 Å². The first-order chi connectivity index (χ1) is 11.0. The van der Waals surface area contributed by atoms with E-state index in [0.717, 1.165) is 16.5 Å². The standard InChI is InChI=1S/C18H29BrN2O2.ClH/c1-13(2)9-17(12-20)21-18(22)15(7-8-23-3)10-14-5-4-6-16(19)11-14;/h4-6,11,13,15,17H,7-10,12,20H2,1-3H3,(H,21,22);1H. The number of benzene rings is 1. The van der Waals surface area contributed by atoms with Crippen molar-refractivity contribution >= 4 is 34.2 Å². The van der Waals surface area contributed by atoms with Crippen molar-refractivity contribution in [2.24, 2.45) is 17.6 Å². The number of methoxy groups -OCH3 is 1. The second kappa shape index (κ2) is 12.7. The van der Waals surface area contributed by atoms with E-state index in [4.69, 9.17) is 10.5 Å². The number of amides is 1. The lowest BCUT2D eigenvalue weighted by molar-refractivity contribution is -0.126. The van der Waals surface area contributed by atoms with Gasteiger partial charge in [0.25, 0.3) is 0 Å². The molecule has 1 amide bonds. The number of rotatable bonds is 10. The van der Waals surface area contributed by atoms with Gasteiger partial charge in [0.05, 0.1) is 0 Å². The third kappa shape index (κ3) is 9.02. The average molecular weight is 422 g/mol. The fourth-order valence-corrected chi connectivity index (χ4v) is 3.08. The fraction of sp³-hybridized carbons (Fsp3) is 0.611. The van der Waals surface area contributed by atoms with Gasteiger partial charge in [0.2, 0.25) is 5.91 Å². The highest BCUT2D eigenvalue weighted by molar-refractivity contribution is 9.10. The third-order valence-corrected chi connectivity index (χ3v) is 4.29. The van der Waals surface area contributed by atoms with Crippen molar-refractivity contribution in [2.45, 2.75) is 39.2 Å². The van der Waals surface area contributed by atoms with Gasteiger partial charge in [0, 0.05) is 36.7 Å². The summed E-state index contributed by atoms with van der Waals surface area (Å²) in [6.45, 7) is 5.32. The van der Waals surface area contributed by atoms with Crippen LogP contribution in [0.3, 0.4) is 0 Å². The van der Waals surface area contributed by atoms with Crippen molar-refractivity contribution in [1.82, 2.24) is 5.32 Å². The molecule has 0 aliphatic heterocycles. The summed E-state index contributed by atoms with van der Waals surface area (Å²) in [5, 5.41) is 3.11. The van der Waals surface area contributed by atoms with Crippen LogP contribution in [-0.2, 0) is 16.0 Å². The number of hydrogen-bond acceptors (Lipinski definition) is 3. The summed E-state index contributed by atoms with van der Waals surface area (Å²) in [4.78, 5) is 12.7. The van der Waals surface area contributed by atoms with E-state index in [-0.39, 0.29) is 30.3 Å². The predicted octanol–water partition coefficient (Wildman–Crippen LogP) is 3.56. The summed E-state index contributed by atoms with van der Waals surface area (Å²) >= 11 is 3.48. The van der Waals surface area contributed by atoms with E-state index in [1.165, 1.54) is 0 Å². The third-order valence-electron chi connectivity index (χ3n) is 3.80. The van der Waals surface area contributed by atoms with E-state index in [1.807, 2.05) is 18.2 Å². The Kier molecular flexibility index (Phi) is 12.4. The Labute approximate surface area is 160 Å². The molecule has 0 spiro atoms. The molecule has 0 bridgehead atoms. The molecule has 2 atom stereocenters. The number of nitrogens with one attached hydrogen (secondary N) is 1. The Bertz CT molecular complexity index is 486. The molecule has 1 rings (SSSR count). The van der Waals surface area contributed by atoms with Gasteiger partial charge in [0.1, 0.15) is 0 Å². The average Bonchev–Trinajstić information content (AvgIpc) is 2.50. The molecule has 0 heterocycles. The molecule has 0 radical (unpaired) electrons. The number of halogens is 2. The van der Waals surface area contributed by atoms with Gasteiger partial charge in [-0.25, -0.2) is 0 Å². The van der Waals surface area contributed by atoms with Crippen LogP contribution in [0, 0.1) is 11.8 Å². The minimum Gasteiger partial charge on any atom is -0.385 e. The number of carbonyl (C=O) groups excluding carboxylic acids is 1. The Hall–Kier alpha value is -0.620. The van der Waals surface area contributed by atoms with Crippen LogP contribution < -0.4 is 11.1 Å². The molecular weight excluding hydrogens is 392 g/mol. The second-order valence-electron chi connectivity index (χ2n) is 6.38. The normalized spacial score (nSPS) is 13.2.